The largest absolute Gasteiger partial charge is 0.456 e. The van der Waals surface area contributed by atoms with Gasteiger partial charge in [0.1, 0.15) is 22.3 Å². The van der Waals surface area contributed by atoms with E-state index in [2.05, 4.69) is 157 Å². The fourth-order valence-electron chi connectivity index (χ4n) is 7.37. The first-order valence-electron chi connectivity index (χ1n) is 16.6. The summed E-state index contributed by atoms with van der Waals surface area (Å²) in [7, 11) is 0. The number of anilines is 3. The van der Waals surface area contributed by atoms with Gasteiger partial charge in [-0.15, -0.1) is 0 Å². The smallest absolute Gasteiger partial charge is 0.137 e. The molecule has 0 saturated heterocycles. The van der Waals surface area contributed by atoms with Crippen molar-refractivity contribution in [3.63, 3.8) is 0 Å². The third-order valence-corrected chi connectivity index (χ3v) is 9.65. The molecule has 0 unspecified atom stereocenters. The van der Waals surface area contributed by atoms with Crippen molar-refractivity contribution < 1.29 is 8.83 Å². The van der Waals surface area contributed by atoms with Crippen molar-refractivity contribution in [3.8, 4) is 22.3 Å². The molecule has 0 aliphatic rings. The zero-order chi connectivity index (χ0) is 32.3. The Morgan fingerprint density at radius 1 is 0.327 bits per heavy atom. The lowest BCUT2D eigenvalue weighted by atomic mass is 9.91. The van der Waals surface area contributed by atoms with E-state index < -0.39 is 0 Å². The molecule has 2 aromatic heterocycles. The average molecular weight is 628 g/mol. The van der Waals surface area contributed by atoms with Gasteiger partial charge in [0.25, 0.3) is 0 Å². The zero-order valence-electron chi connectivity index (χ0n) is 26.5. The second-order valence-corrected chi connectivity index (χ2v) is 12.5. The van der Waals surface area contributed by atoms with E-state index in [1.54, 1.807) is 0 Å². The second kappa shape index (κ2) is 11.0. The van der Waals surface area contributed by atoms with Gasteiger partial charge in [-0.1, -0.05) is 109 Å². The van der Waals surface area contributed by atoms with Crippen molar-refractivity contribution in [2.45, 2.75) is 0 Å². The maximum Gasteiger partial charge on any atom is 0.137 e. The van der Waals surface area contributed by atoms with E-state index in [0.29, 0.717) is 0 Å². The van der Waals surface area contributed by atoms with Crippen molar-refractivity contribution >= 4 is 71.7 Å². The van der Waals surface area contributed by atoms with Gasteiger partial charge in [0.15, 0.2) is 0 Å². The predicted molar refractivity (Wildman–Crippen MR) is 204 cm³/mol. The van der Waals surface area contributed by atoms with E-state index in [1.165, 1.54) is 16.3 Å². The molecule has 49 heavy (non-hydrogen) atoms. The first kappa shape index (κ1) is 27.5. The molecule has 0 radical (unpaired) electrons. The van der Waals surface area contributed by atoms with Crippen molar-refractivity contribution in [2.24, 2.45) is 0 Å². The molecule has 0 atom stereocenters. The van der Waals surface area contributed by atoms with Crippen LogP contribution in [0.1, 0.15) is 0 Å². The van der Waals surface area contributed by atoms with Gasteiger partial charge >= 0.3 is 0 Å². The Morgan fingerprint density at radius 3 is 1.80 bits per heavy atom. The summed E-state index contributed by atoms with van der Waals surface area (Å²) in [5.41, 5.74) is 11.4. The highest BCUT2D eigenvalue weighted by Crippen LogP contribution is 2.43. The lowest BCUT2D eigenvalue weighted by molar-refractivity contribution is 0.668. The quantitative estimate of drug-likeness (QED) is 0.190. The van der Waals surface area contributed by atoms with Gasteiger partial charge in [-0.25, -0.2) is 0 Å². The van der Waals surface area contributed by atoms with Crippen molar-refractivity contribution in [1.82, 2.24) is 0 Å². The first-order chi connectivity index (χ1) is 24.3. The van der Waals surface area contributed by atoms with E-state index in [4.69, 9.17) is 8.83 Å². The Kier molecular flexibility index (Phi) is 6.18. The number of fused-ring (bicyclic) bond motifs is 8. The normalized spacial score (nSPS) is 11.7. The lowest BCUT2D eigenvalue weighted by Crippen LogP contribution is -2.10. The summed E-state index contributed by atoms with van der Waals surface area (Å²) in [4.78, 5) is 2.31. The van der Waals surface area contributed by atoms with Crippen LogP contribution in [0.5, 0.6) is 0 Å². The molecule has 10 aromatic rings. The standard InChI is InChI=1S/C46H29NO2/c1-3-11-30(12-4-1)40-28-34(47(33-13-5-2-6-14-33)35-23-25-38-37-15-7-9-17-42(37)49-45(38)29-35)22-24-36(40)32-20-19-31-21-26-44-46(41(31)27-32)39-16-8-10-18-43(39)48-44/h1-29H. The first-order valence-corrected chi connectivity index (χ1v) is 16.6. The maximum absolute atomic E-state index is 6.34. The van der Waals surface area contributed by atoms with Crippen LogP contribution >= 0.6 is 0 Å². The number of furan rings is 2. The van der Waals surface area contributed by atoms with Crippen molar-refractivity contribution in [1.29, 1.82) is 0 Å². The van der Waals surface area contributed by atoms with Crippen molar-refractivity contribution in [2.75, 3.05) is 4.90 Å². The molecule has 0 aliphatic carbocycles. The highest BCUT2D eigenvalue weighted by molar-refractivity contribution is 6.19. The Morgan fingerprint density at radius 2 is 0.959 bits per heavy atom. The number of para-hydroxylation sites is 3. The Labute approximate surface area is 282 Å². The Balaban J connectivity index is 1.18. The van der Waals surface area contributed by atoms with Gasteiger partial charge in [0, 0.05) is 44.7 Å². The molecule has 0 saturated carbocycles. The molecule has 0 spiro atoms. The minimum absolute atomic E-state index is 0.869. The van der Waals surface area contributed by atoms with Crippen LogP contribution < -0.4 is 4.90 Å². The van der Waals surface area contributed by atoms with E-state index in [1.807, 2.05) is 24.3 Å². The van der Waals surface area contributed by atoms with Crippen LogP contribution in [0, 0.1) is 0 Å². The fraction of sp³-hybridized carbons (Fsp3) is 0. The molecule has 8 aromatic carbocycles. The SMILES string of the molecule is c1ccc(-c2cc(N(c3ccccc3)c3ccc4c(c3)oc3ccccc34)ccc2-c2ccc3ccc4oc5ccccc5c4c3c2)cc1. The molecule has 0 fully saturated rings. The number of rotatable bonds is 5. The minimum atomic E-state index is 0.869. The topological polar surface area (TPSA) is 29.5 Å². The highest BCUT2D eigenvalue weighted by atomic mass is 16.3. The van der Waals surface area contributed by atoms with Gasteiger partial charge < -0.3 is 13.7 Å². The molecule has 0 N–H and O–H groups in total. The van der Waals surface area contributed by atoms with Crippen LogP contribution in [0.25, 0.3) is 76.9 Å². The molecular formula is C46H29NO2. The Hall–Kier alpha value is -6.58. The maximum atomic E-state index is 6.34. The van der Waals surface area contributed by atoms with E-state index in [9.17, 15) is 0 Å². The van der Waals surface area contributed by atoms with Gasteiger partial charge in [0.2, 0.25) is 0 Å². The van der Waals surface area contributed by atoms with Crippen LogP contribution in [-0.4, -0.2) is 0 Å². The number of hydrogen-bond acceptors (Lipinski definition) is 3. The van der Waals surface area contributed by atoms with E-state index >= 15 is 0 Å². The second-order valence-electron chi connectivity index (χ2n) is 12.5. The third kappa shape index (κ3) is 4.51. The summed E-state index contributed by atoms with van der Waals surface area (Å²) in [6.07, 6.45) is 0. The monoisotopic (exact) mass is 627 g/mol. The zero-order valence-corrected chi connectivity index (χ0v) is 26.5. The average Bonchev–Trinajstić information content (AvgIpc) is 3.74. The highest BCUT2D eigenvalue weighted by Gasteiger charge is 2.19. The Bertz CT molecular complexity index is 2830. The number of nitrogens with zero attached hydrogens (tertiary/aromatic N) is 1. The number of benzene rings is 8. The van der Waals surface area contributed by atoms with Crippen LogP contribution in [0.15, 0.2) is 185 Å². The van der Waals surface area contributed by atoms with Crippen LogP contribution in [0.3, 0.4) is 0 Å². The molecular weight excluding hydrogens is 599 g/mol. The summed E-state index contributed by atoms with van der Waals surface area (Å²) < 4.78 is 12.6. The lowest BCUT2D eigenvalue weighted by Gasteiger charge is -2.26. The summed E-state index contributed by atoms with van der Waals surface area (Å²) in [6, 6.07) is 62.1. The fourth-order valence-corrected chi connectivity index (χ4v) is 7.37. The molecule has 0 amide bonds. The molecule has 230 valence electrons. The van der Waals surface area contributed by atoms with E-state index in [0.717, 1.165) is 77.6 Å². The molecule has 0 bridgehead atoms. The number of hydrogen-bond donors (Lipinski definition) is 0. The van der Waals surface area contributed by atoms with Crippen LogP contribution in [0.4, 0.5) is 17.1 Å². The minimum Gasteiger partial charge on any atom is -0.456 e. The molecule has 3 heteroatoms. The third-order valence-electron chi connectivity index (χ3n) is 9.65. The van der Waals surface area contributed by atoms with Crippen molar-refractivity contribution in [3.05, 3.63) is 176 Å². The summed E-state index contributed by atoms with van der Waals surface area (Å²) in [5, 5.41) is 6.92. The van der Waals surface area contributed by atoms with Crippen LogP contribution in [0.2, 0.25) is 0 Å². The van der Waals surface area contributed by atoms with Gasteiger partial charge in [-0.2, -0.15) is 0 Å². The summed E-state index contributed by atoms with van der Waals surface area (Å²) >= 11 is 0. The van der Waals surface area contributed by atoms with Crippen LogP contribution in [-0.2, 0) is 0 Å². The van der Waals surface area contributed by atoms with Gasteiger partial charge in [0.05, 0.1) is 0 Å². The molecule has 0 aliphatic heterocycles. The van der Waals surface area contributed by atoms with Gasteiger partial charge in [-0.3, -0.25) is 0 Å². The summed E-state index contributed by atoms with van der Waals surface area (Å²) in [6.45, 7) is 0. The summed E-state index contributed by atoms with van der Waals surface area (Å²) in [5.74, 6) is 0. The molecule has 2 heterocycles. The molecule has 3 nitrogen and oxygen atoms in total. The van der Waals surface area contributed by atoms with E-state index in [-0.39, 0.29) is 0 Å². The predicted octanol–water partition coefficient (Wildman–Crippen LogP) is 13.4. The van der Waals surface area contributed by atoms with Gasteiger partial charge in [-0.05, 0) is 93.7 Å². The molecule has 10 rings (SSSR count).